The first kappa shape index (κ1) is 15.2. The van der Waals surface area contributed by atoms with Crippen molar-refractivity contribution < 1.29 is 9.63 Å². The summed E-state index contributed by atoms with van der Waals surface area (Å²) in [5.74, 6) is 0.890. The van der Waals surface area contributed by atoms with Crippen LogP contribution in [-0.2, 0) is 6.54 Å². The van der Waals surface area contributed by atoms with Gasteiger partial charge in [-0.2, -0.15) is 0 Å². The number of nitrogens with one attached hydrogen (secondary N) is 1. The van der Waals surface area contributed by atoms with Crippen molar-refractivity contribution in [2.45, 2.75) is 53.5 Å². The van der Waals surface area contributed by atoms with Crippen molar-refractivity contribution in [2.24, 2.45) is 5.41 Å². The molecule has 0 aliphatic heterocycles. The number of rotatable bonds is 8. The number of aryl methyl sites for hydroxylation is 2. The number of hydrogen-bond donors (Lipinski definition) is 2. The van der Waals surface area contributed by atoms with Crippen molar-refractivity contribution in [3.8, 4) is 0 Å². The monoisotopic (exact) mass is 254 g/mol. The first-order chi connectivity index (χ1) is 8.58. The predicted molar refractivity (Wildman–Crippen MR) is 72.4 cm³/mol. The highest BCUT2D eigenvalue weighted by atomic mass is 16.5. The standard InChI is InChI=1S/C14H26N2O2/c1-5-14(6-2,7-8-17)10-15-9-13-11(3)16-18-12(13)4/h15,17H,5-10H2,1-4H3. The molecule has 1 rings (SSSR count). The first-order valence-electron chi connectivity index (χ1n) is 6.82. The van der Waals surface area contributed by atoms with Crippen LogP contribution < -0.4 is 5.32 Å². The summed E-state index contributed by atoms with van der Waals surface area (Å²) in [4.78, 5) is 0. The van der Waals surface area contributed by atoms with Crippen LogP contribution in [0.2, 0.25) is 0 Å². The highest BCUT2D eigenvalue weighted by Crippen LogP contribution is 2.29. The summed E-state index contributed by atoms with van der Waals surface area (Å²) in [6.45, 7) is 10.3. The molecule has 0 saturated carbocycles. The van der Waals surface area contributed by atoms with Gasteiger partial charge in [-0.15, -0.1) is 0 Å². The zero-order valence-electron chi connectivity index (χ0n) is 12.0. The first-order valence-corrected chi connectivity index (χ1v) is 6.82. The van der Waals surface area contributed by atoms with Gasteiger partial charge >= 0.3 is 0 Å². The fourth-order valence-electron chi connectivity index (χ4n) is 2.39. The molecule has 1 aromatic rings. The third-order valence-electron chi connectivity index (χ3n) is 4.13. The molecule has 4 nitrogen and oxygen atoms in total. The Morgan fingerprint density at radius 3 is 2.39 bits per heavy atom. The van der Waals surface area contributed by atoms with Crippen LogP contribution in [0.5, 0.6) is 0 Å². The zero-order chi connectivity index (χ0) is 13.6. The smallest absolute Gasteiger partial charge is 0.138 e. The molecule has 18 heavy (non-hydrogen) atoms. The minimum atomic E-state index is 0.202. The van der Waals surface area contributed by atoms with Crippen LogP contribution in [0, 0.1) is 19.3 Å². The molecule has 104 valence electrons. The van der Waals surface area contributed by atoms with Gasteiger partial charge < -0.3 is 14.9 Å². The van der Waals surface area contributed by atoms with Crippen molar-refractivity contribution in [1.29, 1.82) is 0 Å². The third-order valence-corrected chi connectivity index (χ3v) is 4.13. The van der Waals surface area contributed by atoms with Gasteiger partial charge in [0.25, 0.3) is 0 Å². The molecule has 0 aromatic carbocycles. The van der Waals surface area contributed by atoms with E-state index in [9.17, 15) is 5.11 Å². The van der Waals surface area contributed by atoms with Gasteiger partial charge in [0.05, 0.1) is 5.69 Å². The van der Waals surface area contributed by atoms with Crippen LogP contribution in [-0.4, -0.2) is 23.4 Å². The Kier molecular flexibility index (Phi) is 5.82. The lowest BCUT2D eigenvalue weighted by Crippen LogP contribution is -2.34. The number of aromatic nitrogens is 1. The second-order valence-corrected chi connectivity index (χ2v) is 5.09. The summed E-state index contributed by atoms with van der Waals surface area (Å²) in [7, 11) is 0. The van der Waals surface area contributed by atoms with Gasteiger partial charge in [0, 0.05) is 25.3 Å². The van der Waals surface area contributed by atoms with Gasteiger partial charge in [-0.3, -0.25) is 0 Å². The lowest BCUT2D eigenvalue weighted by Gasteiger charge is -2.31. The molecule has 1 heterocycles. The molecular formula is C14H26N2O2. The molecular weight excluding hydrogens is 228 g/mol. The average molecular weight is 254 g/mol. The molecule has 0 aliphatic carbocycles. The number of hydrogen-bond acceptors (Lipinski definition) is 4. The van der Waals surface area contributed by atoms with E-state index in [1.807, 2.05) is 13.8 Å². The Morgan fingerprint density at radius 2 is 1.94 bits per heavy atom. The van der Waals surface area contributed by atoms with Crippen molar-refractivity contribution in [3.05, 3.63) is 17.0 Å². The maximum atomic E-state index is 9.18. The van der Waals surface area contributed by atoms with Gasteiger partial charge in [-0.05, 0) is 38.5 Å². The maximum absolute atomic E-state index is 9.18. The van der Waals surface area contributed by atoms with Crippen LogP contribution in [0.1, 0.15) is 50.1 Å². The molecule has 0 radical (unpaired) electrons. The van der Waals surface area contributed by atoms with Crippen LogP contribution in [0.4, 0.5) is 0 Å². The van der Waals surface area contributed by atoms with E-state index >= 15 is 0 Å². The molecule has 0 spiro atoms. The van der Waals surface area contributed by atoms with Crippen molar-refractivity contribution in [2.75, 3.05) is 13.2 Å². The summed E-state index contributed by atoms with van der Waals surface area (Å²) < 4.78 is 5.15. The molecule has 4 heteroatoms. The molecule has 0 bridgehead atoms. The SMILES string of the molecule is CCC(CC)(CCO)CNCc1c(C)noc1C. The topological polar surface area (TPSA) is 58.3 Å². The van der Waals surface area contributed by atoms with E-state index in [-0.39, 0.29) is 12.0 Å². The molecule has 0 fully saturated rings. The van der Waals surface area contributed by atoms with Crippen molar-refractivity contribution in [1.82, 2.24) is 10.5 Å². The number of nitrogens with zero attached hydrogens (tertiary/aromatic N) is 1. The minimum absolute atomic E-state index is 0.202. The number of aliphatic hydroxyl groups excluding tert-OH is 1. The molecule has 1 aromatic heterocycles. The molecule has 0 unspecified atom stereocenters. The zero-order valence-corrected chi connectivity index (χ0v) is 12.0. The largest absolute Gasteiger partial charge is 0.396 e. The van der Waals surface area contributed by atoms with Crippen molar-refractivity contribution >= 4 is 0 Å². The Balaban J connectivity index is 2.54. The molecule has 2 N–H and O–H groups in total. The van der Waals surface area contributed by atoms with Gasteiger partial charge in [0.15, 0.2) is 0 Å². The molecule has 0 amide bonds. The Labute approximate surface area is 110 Å². The van der Waals surface area contributed by atoms with E-state index in [0.29, 0.717) is 0 Å². The second kappa shape index (κ2) is 6.90. The predicted octanol–water partition coefficient (Wildman–Crippen LogP) is 2.57. The summed E-state index contributed by atoms with van der Waals surface area (Å²) in [6, 6.07) is 0. The molecule has 0 atom stereocenters. The number of aliphatic hydroxyl groups is 1. The summed E-state index contributed by atoms with van der Waals surface area (Å²) in [5, 5.41) is 16.6. The van der Waals surface area contributed by atoms with E-state index in [1.165, 1.54) is 0 Å². The summed E-state index contributed by atoms with van der Waals surface area (Å²) >= 11 is 0. The van der Waals surface area contributed by atoms with Crippen LogP contribution in [0.3, 0.4) is 0 Å². The van der Waals surface area contributed by atoms with Gasteiger partial charge in [0.1, 0.15) is 5.76 Å². The fraction of sp³-hybridized carbons (Fsp3) is 0.786. The van der Waals surface area contributed by atoms with Crippen LogP contribution in [0.25, 0.3) is 0 Å². The van der Waals surface area contributed by atoms with Crippen molar-refractivity contribution in [3.63, 3.8) is 0 Å². The Bertz CT molecular complexity index is 337. The summed E-state index contributed by atoms with van der Waals surface area (Å²) in [6.07, 6.45) is 3.02. The Hall–Kier alpha value is -0.870. The lowest BCUT2D eigenvalue weighted by atomic mass is 9.79. The Morgan fingerprint density at radius 1 is 1.28 bits per heavy atom. The van der Waals surface area contributed by atoms with E-state index in [0.717, 1.165) is 49.4 Å². The second-order valence-electron chi connectivity index (χ2n) is 5.09. The molecule has 0 aliphatic rings. The van der Waals surface area contributed by atoms with Crippen LogP contribution in [0.15, 0.2) is 4.52 Å². The van der Waals surface area contributed by atoms with Gasteiger partial charge in [-0.25, -0.2) is 0 Å². The third kappa shape index (κ3) is 3.56. The highest BCUT2D eigenvalue weighted by Gasteiger charge is 2.25. The van der Waals surface area contributed by atoms with E-state index < -0.39 is 0 Å². The van der Waals surface area contributed by atoms with Gasteiger partial charge in [-0.1, -0.05) is 19.0 Å². The minimum Gasteiger partial charge on any atom is -0.396 e. The maximum Gasteiger partial charge on any atom is 0.138 e. The highest BCUT2D eigenvalue weighted by molar-refractivity contribution is 5.20. The normalized spacial score (nSPS) is 12.1. The van der Waals surface area contributed by atoms with E-state index in [4.69, 9.17) is 4.52 Å². The van der Waals surface area contributed by atoms with Crippen LogP contribution >= 0.6 is 0 Å². The van der Waals surface area contributed by atoms with E-state index in [1.54, 1.807) is 0 Å². The molecule has 0 saturated heterocycles. The summed E-state index contributed by atoms with van der Waals surface area (Å²) in [5.41, 5.74) is 2.31. The lowest BCUT2D eigenvalue weighted by molar-refractivity contribution is 0.163. The van der Waals surface area contributed by atoms with Gasteiger partial charge in [0.2, 0.25) is 0 Å². The quantitative estimate of drug-likeness (QED) is 0.748. The fourth-order valence-corrected chi connectivity index (χ4v) is 2.39. The van der Waals surface area contributed by atoms with E-state index in [2.05, 4.69) is 24.3 Å². The average Bonchev–Trinajstić information content (AvgIpc) is 2.69.